The van der Waals surface area contributed by atoms with Crippen molar-refractivity contribution >= 4 is 26.8 Å². The molecule has 1 spiro atoms. The van der Waals surface area contributed by atoms with Crippen molar-refractivity contribution in [3.8, 4) is 23.3 Å². The molecule has 4 aromatic rings. The Kier molecular flexibility index (Phi) is 8.66. The van der Waals surface area contributed by atoms with Gasteiger partial charge < -0.3 is 10.1 Å². The minimum absolute atomic E-state index is 0.0188. The van der Waals surface area contributed by atoms with E-state index in [4.69, 9.17) is 4.74 Å². The predicted molar refractivity (Wildman–Crippen MR) is 178 cm³/mol. The number of hydrogen-bond acceptors (Lipinski definition) is 7. The van der Waals surface area contributed by atoms with Crippen LogP contribution in [0.25, 0.3) is 16.6 Å². The van der Waals surface area contributed by atoms with Gasteiger partial charge in [0.2, 0.25) is 0 Å². The molecule has 7 rings (SSSR count). The first kappa shape index (κ1) is 32.2. The number of aromatic nitrogens is 2. The molecule has 0 bridgehead atoms. The fourth-order valence-electron chi connectivity index (χ4n) is 7.36. The maximum atomic E-state index is 15.0. The van der Waals surface area contributed by atoms with Gasteiger partial charge in [-0.3, -0.25) is 14.1 Å². The molecule has 1 aromatic heterocycles. The lowest BCUT2D eigenvalue weighted by Gasteiger charge is -2.43. The highest BCUT2D eigenvalue weighted by Crippen LogP contribution is 2.48. The van der Waals surface area contributed by atoms with Crippen LogP contribution < -0.4 is 20.3 Å². The van der Waals surface area contributed by atoms with Crippen molar-refractivity contribution in [1.82, 2.24) is 19.2 Å². The quantitative estimate of drug-likeness (QED) is 0.249. The number of anilines is 1. The predicted octanol–water partition coefficient (Wildman–Crippen LogP) is 5.92. The summed E-state index contributed by atoms with van der Waals surface area (Å²) >= 11 is 0. The van der Waals surface area contributed by atoms with Gasteiger partial charge in [0.1, 0.15) is 29.9 Å². The van der Waals surface area contributed by atoms with E-state index in [1.807, 2.05) is 12.1 Å². The number of nitriles is 1. The summed E-state index contributed by atoms with van der Waals surface area (Å²) in [5.74, 6) is -0.878. The lowest BCUT2D eigenvalue weighted by Crippen LogP contribution is -2.38. The van der Waals surface area contributed by atoms with E-state index in [0.717, 1.165) is 29.5 Å². The molecule has 2 N–H and O–H groups in total. The van der Waals surface area contributed by atoms with Gasteiger partial charge in [0.15, 0.2) is 11.6 Å². The number of halogens is 2. The molecular formula is C35H36F2N6O4S. The van der Waals surface area contributed by atoms with Crippen LogP contribution in [0.4, 0.5) is 14.5 Å². The maximum Gasteiger partial charge on any atom is 0.301 e. The summed E-state index contributed by atoms with van der Waals surface area (Å²) in [5.41, 5.74) is 1.84. The molecule has 1 saturated carbocycles. The Balaban J connectivity index is 1.12. The molecule has 1 atom stereocenters. The zero-order valence-electron chi connectivity index (χ0n) is 26.3. The van der Waals surface area contributed by atoms with Crippen LogP contribution in [0.5, 0.6) is 11.5 Å². The van der Waals surface area contributed by atoms with Gasteiger partial charge in [-0.05, 0) is 117 Å². The summed E-state index contributed by atoms with van der Waals surface area (Å²) in [4.78, 5) is 18.1. The third kappa shape index (κ3) is 6.27. The van der Waals surface area contributed by atoms with Crippen LogP contribution in [0.15, 0.2) is 65.7 Å². The number of nitrogens with one attached hydrogen (secondary N) is 2. The van der Waals surface area contributed by atoms with Gasteiger partial charge in [-0.1, -0.05) is 12.1 Å². The van der Waals surface area contributed by atoms with Crippen LogP contribution in [0.1, 0.15) is 62.0 Å². The number of ether oxygens (including phenoxy) is 1. The first-order valence-corrected chi connectivity index (χ1v) is 17.7. The van der Waals surface area contributed by atoms with Crippen molar-refractivity contribution in [3.05, 3.63) is 88.2 Å². The number of alkyl halides is 1. The van der Waals surface area contributed by atoms with Gasteiger partial charge in [0.25, 0.3) is 5.56 Å². The van der Waals surface area contributed by atoms with Gasteiger partial charge in [-0.2, -0.15) is 18.0 Å². The number of rotatable bonds is 7. The zero-order chi connectivity index (χ0) is 33.5. The number of fused-ring (bicyclic) bond motifs is 1. The second-order valence-electron chi connectivity index (χ2n) is 13.1. The Labute approximate surface area is 277 Å². The first-order valence-electron chi connectivity index (χ1n) is 16.3. The molecule has 250 valence electrons. The maximum absolute atomic E-state index is 15.0. The Morgan fingerprint density at radius 1 is 1.02 bits per heavy atom. The average Bonchev–Trinajstić information content (AvgIpc) is 3.55. The smallest absolute Gasteiger partial charge is 0.301 e. The highest BCUT2D eigenvalue weighted by atomic mass is 32.2. The molecule has 3 aliphatic rings. The van der Waals surface area contributed by atoms with Crippen molar-refractivity contribution in [3.63, 3.8) is 0 Å². The first-order chi connectivity index (χ1) is 23.1. The minimum atomic E-state index is -4.20. The van der Waals surface area contributed by atoms with Gasteiger partial charge in [-0.25, -0.2) is 13.8 Å². The third-order valence-electron chi connectivity index (χ3n) is 10.2. The second-order valence-corrected chi connectivity index (χ2v) is 14.7. The van der Waals surface area contributed by atoms with Gasteiger partial charge >= 0.3 is 10.2 Å². The Morgan fingerprint density at radius 2 is 1.77 bits per heavy atom. The Bertz CT molecular complexity index is 2050. The average molecular weight is 675 g/mol. The van der Waals surface area contributed by atoms with E-state index in [-0.39, 0.29) is 41.9 Å². The molecule has 2 aliphatic heterocycles. The lowest BCUT2D eigenvalue weighted by atomic mass is 9.65. The summed E-state index contributed by atoms with van der Waals surface area (Å²) in [6, 6.07) is 16.4. The van der Waals surface area contributed by atoms with Gasteiger partial charge in [0, 0.05) is 13.1 Å². The van der Waals surface area contributed by atoms with Crippen LogP contribution >= 0.6 is 0 Å². The monoisotopic (exact) mass is 674 g/mol. The Morgan fingerprint density at radius 3 is 2.46 bits per heavy atom. The van der Waals surface area contributed by atoms with Crippen LogP contribution in [0, 0.1) is 22.6 Å². The van der Waals surface area contributed by atoms with Crippen molar-refractivity contribution in [1.29, 1.82) is 5.26 Å². The normalized spacial score (nSPS) is 20.1. The highest BCUT2D eigenvalue weighted by Gasteiger charge is 2.36. The second kappa shape index (κ2) is 12.9. The van der Waals surface area contributed by atoms with Crippen LogP contribution in [0.3, 0.4) is 0 Å². The van der Waals surface area contributed by atoms with Crippen LogP contribution in [-0.2, 0) is 10.2 Å². The largest absolute Gasteiger partial charge is 0.453 e. The van der Waals surface area contributed by atoms with E-state index in [9.17, 15) is 22.9 Å². The SMILES string of the molecule is N#Cc1c(NS(=O)(=O)N2CC[C@@H](F)C2)ccc(F)c1Oc1ccc2ncn(-c3ccc(C4CCC5(CCNCC5)CC4)cc3)c(=O)c2c1. The van der Waals surface area contributed by atoms with E-state index >= 15 is 4.39 Å². The van der Waals surface area contributed by atoms with Crippen molar-refractivity contribution < 1.29 is 21.9 Å². The summed E-state index contributed by atoms with van der Waals surface area (Å²) in [6.07, 6.45) is 7.59. The van der Waals surface area contributed by atoms with Crippen LogP contribution in [-0.4, -0.2) is 54.6 Å². The van der Waals surface area contributed by atoms with E-state index < -0.39 is 33.5 Å². The molecule has 2 saturated heterocycles. The molecule has 0 amide bonds. The Hall–Kier alpha value is -4.38. The minimum Gasteiger partial charge on any atom is -0.453 e. The molecule has 1 aliphatic carbocycles. The van der Waals surface area contributed by atoms with E-state index in [0.29, 0.717) is 22.5 Å². The van der Waals surface area contributed by atoms with Crippen molar-refractivity contribution in [2.45, 2.75) is 57.0 Å². The number of piperidine rings is 1. The molecule has 10 nitrogen and oxygen atoms in total. The summed E-state index contributed by atoms with van der Waals surface area (Å²) in [6.45, 7) is 1.89. The molecule has 0 radical (unpaired) electrons. The van der Waals surface area contributed by atoms with Crippen molar-refractivity contribution in [2.75, 3.05) is 30.9 Å². The van der Waals surface area contributed by atoms with E-state index in [2.05, 4.69) is 27.2 Å². The standard InChI is InChI=1S/C35H36F2N6O4S/c36-25-11-18-42(21-25)48(45,46)41-32-8-6-30(37)33(29(32)20-38)47-27-5-7-31-28(19-27)34(44)43(22-40-31)26-3-1-23(2-4-26)24-9-12-35(13-10-24)14-16-39-17-15-35/h1-8,19,22,24-25,39,41H,9-18,21H2/t25-/m1/s1. The van der Waals surface area contributed by atoms with Gasteiger partial charge in [-0.15, -0.1) is 0 Å². The van der Waals surface area contributed by atoms with Gasteiger partial charge in [0.05, 0.1) is 22.3 Å². The molecule has 0 unspecified atom stereocenters. The summed E-state index contributed by atoms with van der Waals surface area (Å²) in [5, 5.41) is 13.6. The zero-order valence-corrected chi connectivity index (χ0v) is 27.1. The third-order valence-corrected chi connectivity index (χ3v) is 11.7. The molecule has 3 aromatic carbocycles. The summed E-state index contributed by atoms with van der Waals surface area (Å²) in [7, 11) is -4.20. The highest BCUT2D eigenvalue weighted by molar-refractivity contribution is 7.90. The number of nitrogens with zero attached hydrogens (tertiary/aromatic N) is 4. The molecule has 3 heterocycles. The number of hydrogen-bond donors (Lipinski definition) is 2. The van der Waals surface area contributed by atoms with Crippen LogP contribution in [0.2, 0.25) is 0 Å². The molecular weight excluding hydrogens is 638 g/mol. The topological polar surface area (TPSA) is 129 Å². The van der Waals surface area contributed by atoms with Crippen molar-refractivity contribution in [2.24, 2.45) is 5.41 Å². The van der Waals surface area contributed by atoms with E-state index in [1.165, 1.54) is 67.1 Å². The summed E-state index contributed by atoms with van der Waals surface area (Å²) < 4.78 is 64.7. The molecule has 48 heavy (non-hydrogen) atoms. The molecule has 13 heteroatoms. The fourth-order valence-corrected chi connectivity index (χ4v) is 8.64. The van der Waals surface area contributed by atoms with E-state index in [1.54, 1.807) is 12.1 Å². The lowest BCUT2D eigenvalue weighted by molar-refractivity contribution is 0.123. The number of benzene rings is 3. The molecule has 3 fully saturated rings. The fraction of sp³-hybridized carbons (Fsp3) is 0.400.